The minimum atomic E-state index is -0.463. The Labute approximate surface area is 154 Å². The maximum absolute atomic E-state index is 12.8. The van der Waals surface area contributed by atoms with Gasteiger partial charge in [0.2, 0.25) is 0 Å². The third-order valence-corrected chi connectivity index (χ3v) is 4.62. The zero-order valence-corrected chi connectivity index (χ0v) is 14.7. The summed E-state index contributed by atoms with van der Waals surface area (Å²) in [5, 5.41) is 2.71. The highest BCUT2D eigenvalue weighted by Crippen LogP contribution is 2.23. The molecule has 0 spiro atoms. The third kappa shape index (κ3) is 4.83. The Hall–Kier alpha value is -2.86. The molecule has 0 radical (unpaired) electrons. The van der Waals surface area contributed by atoms with Gasteiger partial charge in [-0.1, -0.05) is 30.3 Å². The maximum Gasteiger partial charge on any atom is 0.306 e. The molecule has 2 aromatic carbocycles. The lowest BCUT2D eigenvalue weighted by Gasteiger charge is -2.03. The van der Waals surface area contributed by atoms with Gasteiger partial charge in [-0.2, -0.15) is 0 Å². The number of ketones is 1. The van der Waals surface area contributed by atoms with E-state index in [1.54, 1.807) is 0 Å². The Morgan fingerprint density at radius 2 is 1.73 bits per heavy atom. The fraction of sp³-hybridized carbons (Fsp3) is 0.150. The molecule has 3 rings (SSSR count). The number of carbonyl (C=O) groups excluding carboxylic acids is 2. The van der Waals surface area contributed by atoms with Crippen LogP contribution in [0.2, 0.25) is 0 Å². The first-order valence-corrected chi connectivity index (χ1v) is 8.94. The van der Waals surface area contributed by atoms with Gasteiger partial charge in [-0.15, -0.1) is 11.3 Å². The van der Waals surface area contributed by atoms with E-state index < -0.39 is 11.8 Å². The summed E-state index contributed by atoms with van der Waals surface area (Å²) in [7, 11) is 0. The number of ether oxygens (including phenoxy) is 1. The van der Waals surface area contributed by atoms with Crippen molar-refractivity contribution in [2.45, 2.75) is 19.4 Å². The number of aromatic nitrogens is 1. The average molecular weight is 369 g/mol. The van der Waals surface area contributed by atoms with E-state index in [1.807, 2.05) is 35.7 Å². The van der Waals surface area contributed by atoms with Gasteiger partial charge in [0.05, 0.1) is 12.1 Å². The molecule has 26 heavy (non-hydrogen) atoms. The monoisotopic (exact) mass is 369 g/mol. The number of hydrogen-bond donors (Lipinski definition) is 0. The van der Waals surface area contributed by atoms with E-state index in [0.717, 1.165) is 10.6 Å². The summed E-state index contributed by atoms with van der Waals surface area (Å²) in [6.07, 6.45) is 0.00266. The van der Waals surface area contributed by atoms with Crippen LogP contribution in [0.1, 0.15) is 28.9 Å². The van der Waals surface area contributed by atoms with Gasteiger partial charge < -0.3 is 4.74 Å². The maximum atomic E-state index is 12.8. The van der Waals surface area contributed by atoms with E-state index >= 15 is 0 Å². The van der Waals surface area contributed by atoms with Gasteiger partial charge in [-0.25, -0.2) is 9.37 Å². The molecule has 0 aliphatic carbocycles. The number of Topliss-reactive ketones (excluding diaryl/α,β-unsaturated/α-hetero) is 1. The molecule has 0 saturated carbocycles. The summed E-state index contributed by atoms with van der Waals surface area (Å²) in [6.45, 7) is 0.0763. The van der Waals surface area contributed by atoms with E-state index in [9.17, 15) is 14.0 Å². The Balaban J connectivity index is 1.46. The number of nitrogens with zero attached hydrogens (tertiary/aromatic N) is 1. The predicted octanol–water partition coefficient (Wildman–Crippen LogP) is 4.66. The number of thiazole rings is 1. The summed E-state index contributed by atoms with van der Waals surface area (Å²) >= 11 is 1.48. The van der Waals surface area contributed by atoms with Crippen LogP contribution in [0.5, 0.6) is 0 Å². The van der Waals surface area contributed by atoms with Gasteiger partial charge >= 0.3 is 5.97 Å². The minimum Gasteiger partial charge on any atom is -0.459 e. The van der Waals surface area contributed by atoms with Crippen LogP contribution in [-0.4, -0.2) is 16.7 Å². The zero-order valence-electron chi connectivity index (χ0n) is 13.9. The van der Waals surface area contributed by atoms with Crippen LogP contribution in [0.15, 0.2) is 60.0 Å². The van der Waals surface area contributed by atoms with Gasteiger partial charge in [0.25, 0.3) is 0 Å². The van der Waals surface area contributed by atoms with Gasteiger partial charge in [-0.3, -0.25) is 9.59 Å². The molecule has 0 fully saturated rings. The molecule has 1 heterocycles. The molecular formula is C20H16FNO3S. The zero-order chi connectivity index (χ0) is 18.4. The molecule has 0 N–H and O–H groups in total. The lowest BCUT2D eigenvalue weighted by atomic mass is 10.1. The van der Waals surface area contributed by atoms with Crippen molar-refractivity contribution in [2.75, 3.05) is 0 Å². The topological polar surface area (TPSA) is 56.3 Å². The summed E-state index contributed by atoms with van der Waals surface area (Å²) in [4.78, 5) is 28.2. The fourth-order valence-corrected chi connectivity index (χ4v) is 3.12. The molecule has 0 atom stereocenters. The third-order valence-electron chi connectivity index (χ3n) is 3.68. The summed E-state index contributed by atoms with van der Waals surface area (Å²) in [5.41, 5.74) is 2.07. The molecule has 0 saturated heterocycles. The quantitative estimate of drug-likeness (QED) is 0.449. The molecular weight excluding hydrogens is 353 g/mol. The highest BCUT2D eigenvalue weighted by atomic mass is 32.1. The molecule has 4 nitrogen and oxygen atoms in total. The number of hydrogen-bond acceptors (Lipinski definition) is 5. The highest BCUT2D eigenvalue weighted by molar-refractivity contribution is 7.13. The SMILES string of the molecule is O=C(CCC(=O)c1ccc(F)cc1)OCc1csc(-c2ccccc2)n1. The normalized spacial score (nSPS) is 10.5. The summed E-state index contributed by atoms with van der Waals surface area (Å²) in [6, 6.07) is 15.0. The smallest absolute Gasteiger partial charge is 0.306 e. The van der Waals surface area contributed by atoms with Gasteiger partial charge in [0, 0.05) is 22.9 Å². The molecule has 0 amide bonds. The first-order valence-electron chi connectivity index (χ1n) is 8.06. The van der Waals surface area contributed by atoms with Crippen molar-refractivity contribution in [3.05, 3.63) is 77.1 Å². The van der Waals surface area contributed by atoms with E-state index in [2.05, 4.69) is 4.98 Å². The summed E-state index contributed by atoms with van der Waals surface area (Å²) < 4.78 is 18.0. The summed E-state index contributed by atoms with van der Waals surface area (Å²) in [5.74, 6) is -1.09. The second-order valence-electron chi connectivity index (χ2n) is 5.60. The van der Waals surface area contributed by atoms with E-state index in [0.29, 0.717) is 11.3 Å². The Morgan fingerprint density at radius 3 is 2.46 bits per heavy atom. The Bertz CT molecular complexity index is 891. The van der Waals surface area contributed by atoms with Crippen LogP contribution in [0.4, 0.5) is 4.39 Å². The second kappa shape index (κ2) is 8.49. The van der Waals surface area contributed by atoms with E-state index in [-0.39, 0.29) is 25.2 Å². The molecule has 1 aromatic heterocycles. The molecule has 0 unspecified atom stereocenters. The highest BCUT2D eigenvalue weighted by Gasteiger charge is 2.12. The van der Waals surface area contributed by atoms with Gasteiger partial charge in [0.1, 0.15) is 17.4 Å². The molecule has 0 aliphatic rings. The molecule has 0 bridgehead atoms. The van der Waals surface area contributed by atoms with Crippen LogP contribution >= 0.6 is 11.3 Å². The molecule has 6 heteroatoms. The van der Waals surface area contributed by atoms with Crippen molar-refractivity contribution in [2.24, 2.45) is 0 Å². The number of carbonyl (C=O) groups is 2. The van der Waals surface area contributed by atoms with Crippen molar-refractivity contribution in [1.82, 2.24) is 4.98 Å². The van der Waals surface area contributed by atoms with Crippen molar-refractivity contribution in [3.8, 4) is 10.6 Å². The van der Waals surface area contributed by atoms with Crippen LogP contribution in [0, 0.1) is 5.82 Å². The van der Waals surface area contributed by atoms with E-state index in [1.165, 1.54) is 35.6 Å². The first-order chi connectivity index (χ1) is 12.6. The Morgan fingerprint density at radius 1 is 1.00 bits per heavy atom. The van der Waals surface area contributed by atoms with Crippen molar-refractivity contribution < 1.29 is 18.7 Å². The van der Waals surface area contributed by atoms with Crippen molar-refractivity contribution in [1.29, 1.82) is 0 Å². The fourth-order valence-electron chi connectivity index (χ4n) is 2.31. The largest absolute Gasteiger partial charge is 0.459 e. The second-order valence-corrected chi connectivity index (χ2v) is 6.46. The Kier molecular flexibility index (Phi) is 5.86. The number of esters is 1. The lowest BCUT2D eigenvalue weighted by Crippen LogP contribution is -2.08. The lowest BCUT2D eigenvalue weighted by molar-refractivity contribution is -0.145. The number of rotatable bonds is 7. The van der Waals surface area contributed by atoms with Crippen LogP contribution in [0.25, 0.3) is 10.6 Å². The standard InChI is InChI=1S/C20H16FNO3S/c21-16-8-6-14(7-9-16)18(23)10-11-19(24)25-12-17-13-26-20(22-17)15-4-2-1-3-5-15/h1-9,13H,10-12H2. The molecule has 3 aromatic rings. The van der Waals surface area contributed by atoms with Crippen LogP contribution in [-0.2, 0) is 16.1 Å². The number of halogens is 1. The predicted molar refractivity (Wildman–Crippen MR) is 97.3 cm³/mol. The van der Waals surface area contributed by atoms with E-state index in [4.69, 9.17) is 4.74 Å². The average Bonchev–Trinajstić information content (AvgIpc) is 3.15. The van der Waals surface area contributed by atoms with Crippen molar-refractivity contribution in [3.63, 3.8) is 0 Å². The molecule has 132 valence electrons. The van der Waals surface area contributed by atoms with Crippen LogP contribution < -0.4 is 0 Å². The van der Waals surface area contributed by atoms with Gasteiger partial charge in [-0.05, 0) is 24.3 Å². The minimum absolute atomic E-state index is 0.0219. The molecule has 0 aliphatic heterocycles. The van der Waals surface area contributed by atoms with Crippen LogP contribution in [0.3, 0.4) is 0 Å². The van der Waals surface area contributed by atoms with Gasteiger partial charge in [0.15, 0.2) is 5.78 Å². The first kappa shape index (κ1) is 17.9. The number of benzene rings is 2. The van der Waals surface area contributed by atoms with Crippen molar-refractivity contribution >= 4 is 23.1 Å².